The van der Waals surface area contributed by atoms with E-state index in [2.05, 4.69) is 10.3 Å². The third-order valence-electron chi connectivity index (χ3n) is 3.57. The van der Waals surface area contributed by atoms with Crippen molar-refractivity contribution >= 4 is 17.4 Å². The summed E-state index contributed by atoms with van der Waals surface area (Å²) in [5, 5.41) is 14.0. The number of hydrogen-bond acceptors (Lipinski definition) is 5. The van der Waals surface area contributed by atoms with Gasteiger partial charge in [-0.1, -0.05) is 0 Å². The third-order valence-corrected chi connectivity index (χ3v) is 3.57. The zero-order valence-electron chi connectivity index (χ0n) is 11.6. The van der Waals surface area contributed by atoms with Crippen molar-refractivity contribution in [3.63, 3.8) is 0 Å². The Balaban J connectivity index is 1.96. The van der Waals surface area contributed by atoms with Crippen LogP contribution in [0.4, 0.5) is 11.5 Å². The largest absolute Gasteiger partial charge is 0.367 e. The number of aryl methyl sites for hydroxylation is 1. The van der Waals surface area contributed by atoms with Crippen molar-refractivity contribution in [3.05, 3.63) is 27.9 Å². The van der Waals surface area contributed by atoms with Gasteiger partial charge in [0.25, 0.3) is 5.69 Å². The predicted octanol–water partition coefficient (Wildman–Crippen LogP) is 1.72. The Morgan fingerprint density at radius 1 is 1.50 bits per heavy atom. The first-order valence-electron chi connectivity index (χ1n) is 6.60. The summed E-state index contributed by atoms with van der Waals surface area (Å²) in [7, 11) is 0. The van der Waals surface area contributed by atoms with Crippen molar-refractivity contribution < 1.29 is 9.72 Å². The van der Waals surface area contributed by atoms with Gasteiger partial charge < -0.3 is 10.2 Å². The normalized spacial score (nSPS) is 16.0. The monoisotopic (exact) mass is 278 g/mol. The summed E-state index contributed by atoms with van der Waals surface area (Å²) in [4.78, 5) is 27.4. The first-order chi connectivity index (χ1) is 9.47. The molecule has 2 heterocycles. The minimum Gasteiger partial charge on any atom is -0.367 e. The van der Waals surface area contributed by atoms with Crippen LogP contribution in [-0.2, 0) is 4.79 Å². The van der Waals surface area contributed by atoms with E-state index < -0.39 is 4.92 Å². The van der Waals surface area contributed by atoms with Gasteiger partial charge in [-0.2, -0.15) is 0 Å². The molecule has 1 aliphatic rings. The molecule has 1 amide bonds. The van der Waals surface area contributed by atoms with Crippen LogP contribution >= 0.6 is 0 Å². The molecular weight excluding hydrogens is 260 g/mol. The molecule has 1 N–H and O–H groups in total. The molecule has 0 saturated carbocycles. The minimum absolute atomic E-state index is 0.0296. The van der Waals surface area contributed by atoms with Crippen LogP contribution in [0.3, 0.4) is 0 Å². The van der Waals surface area contributed by atoms with Gasteiger partial charge in [-0.05, 0) is 25.8 Å². The van der Waals surface area contributed by atoms with Gasteiger partial charge in [0.05, 0.1) is 4.92 Å². The second-order valence-corrected chi connectivity index (χ2v) is 5.04. The quantitative estimate of drug-likeness (QED) is 0.671. The first kappa shape index (κ1) is 14.2. The molecule has 0 radical (unpaired) electrons. The zero-order valence-corrected chi connectivity index (χ0v) is 11.6. The number of carbonyl (C=O) groups is 1. The molecule has 1 aromatic rings. The van der Waals surface area contributed by atoms with E-state index >= 15 is 0 Å². The van der Waals surface area contributed by atoms with E-state index in [1.165, 1.54) is 6.20 Å². The Hall–Kier alpha value is -2.18. The van der Waals surface area contributed by atoms with Gasteiger partial charge in [-0.15, -0.1) is 0 Å². The number of nitrogens with zero attached hydrogens (tertiary/aromatic N) is 3. The second-order valence-electron chi connectivity index (χ2n) is 5.04. The van der Waals surface area contributed by atoms with Gasteiger partial charge in [0.2, 0.25) is 5.91 Å². The van der Waals surface area contributed by atoms with Crippen LogP contribution in [0.25, 0.3) is 0 Å². The van der Waals surface area contributed by atoms with Crippen LogP contribution in [0.15, 0.2) is 12.3 Å². The van der Waals surface area contributed by atoms with Gasteiger partial charge in [0.15, 0.2) is 0 Å². The van der Waals surface area contributed by atoms with E-state index in [0.717, 1.165) is 25.9 Å². The third kappa shape index (κ3) is 3.23. The molecule has 20 heavy (non-hydrogen) atoms. The van der Waals surface area contributed by atoms with E-state index in [4.69, 9.17) is 0 Å². The van der Waals surface area contributed by atoms with Crippen LogP contribution in [0.1, 0.15) is 25.3 Å². The molecule has 0 atom stereocenters. The van der Waals surface area contributed by atoms with Crippen molar-refractivity contribution in [3.8, 4) is 0 Å². The number of anilines is 1. The van der Waals surface area contributed by atoms with Gasteiger partial charge in [-0.25, -0.2) is 4.98 Å². The molecular formula is C13H18N4O3. The predicted molar refractivity (Wildman–Crippen MR) is 74.5 cm³/mol. The maximum atomic E-state index is 11.2. The lowest BCUT2D eigenvalue weighted by molar-refractivity contribution is -0.385. The highest BCUT2D eigenvalue weighted by Gasteiger charge is 2.21. The topological polar surface area (TPSA) is 88.4 Å². The molecule has 7 nitrogen and oxygen atoms in total. The Morgan fingerprint density at radius 3 is 2.65 bits per heavy atom. The number of piperidine rings is 1. The Kier molecular flexibility index (Phi) is 4.16. The van der Waals surface area contributed by atoms with Crippen molar-refractivity contribution in [1.82, 2.24) is 9.88 Å². The second kappa shape index (κ2) is 5.85. The van der Waals surface area contributed by atoms with E-state index in [-0.39, 0.29) is 17.6 Å². The summed E-state index contributed by atoms with van der Waals surface area (Å²) in [5.41, 5.74) is 0.621. The molecule has 0 aliphatic carbocycles. The number of likely N-dealkylation sites (tertiary alicyclic amines) is 1. The van der Waals surface area contributed by atoms with E-state index in [0.29, 0.717) is 11.4 Å². The van der Waals surface area contributed by atoms with Crippen molar-refractivity contribution in [2.75, 3.05) is 18.4 Å². The number of nitrogens with one attached hydrogen (secondary N) is 1. The summed E-state index contributed by atoms with van der Waals surface area (Å²) in [6.07, 6.45) is 3.00. The molecule has 0 bridgehead atoms. The van der Waals surface area contributed by atoms with Crippen molar-refractivity contribution in [2.24, 2.45) is 0 Å². The highest BCUT2D eigenvalue weighted by Crippen LogP contribution is 2.21. The fourth-order valence-corrected chi connectivity index (χ4v) is 2.37. The summed E-state index contributed by atoms with van der Waals surface area (Å²) >= 11 is 0. The number of amides is 1. The SMILES string of the molecule is CC(=O)N1CCC(Nc2cc(C)c([N+](=O)[O-])cn2)CC1. The highest BCUT2D eigenvalue weighted by molar-refractivity contribution is 5.73. The summed E-state index contributed by atoms with van der Waals surface area (Å²) in [6, 6.07) is 1.94. The lowest BCUT2D eigenvalue weighted by Gasteiger charge is -2.31. The highest BCUT2D eigenvalue weighted by atomic mass is 16.6. The van der Waals surface area contributed by atoms with Crippen LogP contribution in [-0.4, -0.2) is 39.8 Å². The van der Waals surface area contributed by atoms with E-state index in [9.17, 15) is 14.9 Å². The van der Waals surface area contributed by atoms with Crippen molar-refractivity contribution in [2.45, 2.75) is 32.7 Å². The molecule has 7 heteroatoms. The molecule has 0 spiro atoms. The molecule has 1 saturated heterocycles. The molecule has 1 aliphatic heterocycles. The van der Waals surface area contributed by atoms with Crippen molar-refractivity contribution in [1.29, 1.82) is 0 Å². The van der Waals surface area contributed by atoms with Crippen LogP contribution in [0, 0.1) is 17.0 Å². The van der Waals surface area contributed by atoms with Gasteiger partial charge in [0, 0.05) is 31.6 Å². The summed E-state index contributed by atoms with van der Waals surface area (Å²) < 4.78 is 0. The molecule has 0 aromatic carbocycles. The number of rotatable bonds is 3. The Bertz CT molecular complexity index is 524. The fraction of sp³-hybridized carbons (Fsp3) is 0.538. The number of hydrogen-bond donors (Lipinski definition) is 1. The summed E-state index contributed by atoms with van der Waals surface area (Å²) in [6.45, 7) is 4.75. The summed E-state index contributed by atoms with van der Waals surface area (Å²) in [5.74, 6) is 0.752. The molecule has 0 unspecified atom stereocenters. The maximum Gasteiger partial charge on any atom is 0.290 e. The molecule has 2 rings (SSSR count). The average molecular weight is 278 g/mol. The fourth-order valence-electron chi connectivity index (χ4n) is 2.37. The number of carbonyl (C=O) groups excluding carboxylic acids is 1. The lowest BCUT2D eigenvalue weighted by atomic mass is 10.0. The number of pyridine rings is 1. The lowest BCUT2D eigenvalue weighted by Crippen LogP contribution is -2.41. The minimum atomic E-state index is -0.433. The average Bonchev–Trinajstić information content (AvgIpc) is 2.39. The smallest absolute Gasteiger partial charge is 0.290 e. The van der Waals surface area contributed by atoms with Crippen LogP contribution < -0.4 is 5.32 Å². The van der Waals surface area contributed by atoms with E-state index in [1.807, 2.05) is 4.90 Å². The number of aromatic nitrogens is 1. The zero-order chi connectivity index (χ0) is 14.7. The van der Waals surface area contributed by atoms with Gasteiger partial charge in [0.1, 0.15) is 12.0 Å². The van der Waals surface area contributed by atoms with Crippen LogP contribution in [0.5, 0.6) is 0 Å². The van der Waals surface area contributed by atoms with E-state index in [1.54, 1.807) is 19.9 Å². The van der Waals surface area contributed by atoms with Crippen LogP contribution in [0.2, 0.25) is 0 Å². The molecule has 108 valence electrons. The number of nitro groups is 1. The first-order valence-corrected chi connectivity index (χ1v) is 6.60. The molecule has 1 aromatic heterocycles. The Labute approximate surface area is 117 Å². The van der Waals surface area contributed by atoms with Gasteiger partial charge in [-0.3, -0.25) is 14.9 Å². The Morgan fingerprint density at radius 2 is 2.15 bits per heavy atom. The maximum absolute atomic E-state index is 11.2. The standard InChI is InChI=1S/C13H18N4O3/c1-9-7-13(14-8-12(9)17(19)20)15-11-3-5-16(6-4-11)10(2)18/h7-8,11H,3-6H2,1-2H3,(H,14,15). The molecule has 1 fully saturated rings. The van der Waals surface area contributed by atoms with Gasteiger partial charge >= 0.3 is 0 Å².